The molecule has 0 bridgehead atoms. The van der Waals surface area contributed by atoms with Crippen molar-refractivity contribution in [1.82, 2.24) is 19.5 Å². The van der Waals surface area contributed by atoms with Gasteiger partial charge in [0.15, 0.2) is 0 Å². The van der Waals surface area contributed by atoms with Gasteiger partial charge in [-0.05, 0) is 54.2 Å². The zero-order valence-electron chi connectivity index (χ0n) is 40.4. The minimum absolute atomic E-state index is 0. The standard InChI is InChI=1S/C31H28N3O.C20H28GeN.Ir/c1-18(2)21-10-8-11-22(19(3)4)28(21)34-27-15-7-6-14-26(27)33-30(34)25-13-9-12-23-24-17-16-20(5)32-31(24)35-29(23)25;1-15-8-10-16(11-9-15)19-12-17(13-20(2,3)4)18(14-22-19)21(5,6)7;/h6-12,14-19H,1-5H3;8-10,12,14H,13H2,1-7H3;/q2*-1;/i;1D3,13D2;. The molecule has 0 aliphatic carbocycles. The van der Waals surface area contributed by atoms with Crippen molar-refractivity contribution in [3.8, 4) is 28.3 Å². The Morgan fingerprint density at radius 2 is 1.59 bits per heavy atom. The first kappa shape index (κ1) is 36.7. The smallest absolute Gasteiger partial charge is 0 e. The second-order valence-electron chi connectivity index (χ2n) is 17.6. The van der Waals surface area contributed by atoms with Gasteiger partial charge in [-0.2, -0.15) is 0 Å². The molecule has 0 unspecified atom stereocenters. The molecule has 8 aromatic rings. The molecule has 0 saturated carbocycles. The molecule has 0 atom stereocenters. The summed E-state index contributed by atoms with van der Waals surface area (Å²) in [5.41, 5.74) is 10.7. The number of aromatic nitrogens is 4. The summed E-state index contributed by atoms with van der Waals surface area (Å²) in [4.78, 5) is 14.4. The molecule has 0 amide bonds. The van der Waals surface area contributed by atoms with E-state index in [4.69, 9.17) is 16.3 Å². The summed E-state index contributed by atoms with van der Waals surface area (Å²) in [5, 5.41) is 2.04. The van der Waals surface area contributed by atoms with Gasteiger partial charge in [0.25, 0.3) is 0 Å². The van der Waals surface area contributed by atoms with Gasteiger partial charge in [0.1, 0.15) is 0 Å². The quantitative estimate of drug-likeness (QED) is 0.118. The molecule has 0 N–H and O–H groups in total. The van der Waals surface area contributed by atoms with Gasteiger partial charge in [0.2, 0.25) is 5.71 Å². The molecule has 4 aromatic heterocycles. The summed E-state index contributed by atoms with van der Waals surface area (Å²) in [5.74, 6) is 8.25. The first-order chi connectivity index (χ1) is 29.0. The molecule has 7 heteroatoms. The molecular formula is C51H56GeIrN4O-2. The molecule has 0 spiro atoms. The molecule has 0 aliphatic heterocycles. The minimum Gasteiger partial charge on any atom is 0 e. The van der Waals surface area contributed by atoms with E-state index >= 15 is 0 Å². The maximum Gasteiger partial charge on any atom is 0 e. The van der Waals surface area contributed by atoms with Gasteiger partial charge in [0, 0.05) is 36.9 Å². The van der Waals surface area contributed by atoms with Gasteiger partial charge in [-0.3, -0.25) is 4.98 Å². The number of pyridine rings is 2. The summed E-state index contributed by atoms with van der Waals surface area (Å²) >= 11 is -2.36. The van der Waals surface area contributed by atoms with Crippen LogP contribution in [-0.4, -0.2) is 32.8 Å². The van der Waals surface area contributed by atoms with Gasteiger partial charge in [-0.1, -0.05) is 69.0 Å². The van der Waals surface area contributed by atoms with E-state index in [9.17, 15) is 0 Å². The van der Waals surface area contributed by atoms with E-state index in [1.165, 1.54) is 22.9 Å². The predicted octanol–water partition coefficient (Wildman–Crippen LogP) is 13.3. The third kappa shape index (κ3) is 8.95. The monoisotopic (exact) mass is 1010 g/mol. The topological polar surface area (TPSA) is 56.7 Å². The van der Waals surface area contributed by atoms with E-state index in [1.807, 2.05) is 58.2 Å². The van der Waals surface area contributed by atoms with Crippen molar-refractivity contribution in [3.05, 3.63) is 137 Å². The molecule has 1 radical (unpaired) electrons. The predicted molar refractivity (Wildman–Crippen MR) is 243 cm³/mol. The molecule has 4 aromatic carbocycles. The zero-order chi connectivity index (χ0) is 45.1. The molecule has 301 valence electrons. The second-order valence-corrected chi connectivity index (χ2v) is 28.2. The van der Waals surface area contributed by atoms with E-state index in [0.29, 0.717) is 34.4 Å². The SMILES string of the molecule is Cc1ccc2c(n1)oc1c(-c3nc4ccccc4n3-c3c(C(C)C)cccc3C(C)C)[c-]ccc12.[2H]C([2H])([2H])c1c[c-]c(-c2cc(C([2H])([2H])C(C)(C)C)[c]([Ge]([CH3])([CH3])[CH3])cn2)cc1.[Ir]. The van der Waals surface area contributed by atoms with Gasteiger partial charge >= 0.3 is 145 Å². The van der Waals surface area contributed by atoms with E-state index in [1.54, 1.807) is 12.1 Å². The molecule has 5 nitrogen and oxygen atoms in total. The van der Waals surface area contributed by atoms with Crippen LogP contribution in [0, 0.1) is 31.3 Å². The fraction of sp³-hybridized carbons (Fsp3) is 0.314. The number of hydrogen-bond donors (Lipinski definition) is 0. The molecule has 8 rings (SSSR count). The average Bonchev–Trinajstić information content (AvgIpc) is 3.77. The summed E-state index contributed by atoms with van der Waals surface area (Å²) in [7, 11) is 0. The summed E-state index contributed by atoms with van der Waals surface area (Å²) < 4.78 is 49.8. The summed E-state index contributed by atoms with van der Waals surface area (Å²) in [6.07, 6.45) is 0.303. The number of hydrogen-bond acceptors (Lipinski definition) is 4. The summed E-state index contributed by atoms with van der Waals surface area (Å²) in [6, 6.07) is 36.2. The number of para-hydroxylation sites is 3. The van der Waals surface area contributed by atoms with E-state index in [2.05, 4.69) is 120 Å². The Labute approximate surface area is 368 Å². The first-order valence-corrected chi connectivity index (χ1v) is 27.2. The molecule has 0 aliphatic rings. The van der Waals surface area contributed by atoms with Crippen LogP contribution in [0.2, 0.25) is 17.3 Å². The van der Waals surface area contributed by atoms with Crippen molar-refractivity contribution < 1.29 is 31.4 Å². The zero-order valence-corrected chi connectivity index (χ0v) is 39.9. The van der Waals surface area contributed by atoms with E-state index in [-0.39, 0.29) is 25.7 Å². The first-order valence-electron chi connectivity index (χ1n) is 22.3. The molecule has 0 fully saturated rings. The van der Waals surface area contributed by atoms with Gasteiger partial charge in [-0.25, -0.2) is 4.98 Å². The Morgan fingerprint density at radius 3 is 2.22 bits per heavy atom. The van der Waals surface area contributed by atoms with Crippen LogP contribution >= 0.6 is 0 Å². The van der Waals surface area contributed by atoms with Gasteiger partial charge in [-0.15, -0.1) is 18.2 Å². The number of aryl methyl sites for hydroxylation is 2. The Kier molecular flexibility index (Phi) is 10.8. The molecule has 58 heavy (non-hydrogen) atoms. The Hall–Kier alpha value is -4.36. The summed E-state index contributed by atoms with van der Waals surface area (Å²) in [6.45, 7) is 14.5. The van der Waals surface area contributed by atoms with Crippen LogP contribution in [-0.2, 0) is 26.5 Å². The van der Waals surface area contributed by atoms with Crippen molar-refractivity contribution in [2.45, 2.75) is 97.7 Å². The van der Waals surface area contributed by atoms with Crippen LogP contribution in [0.4, 0.5) is 0 Å². The van der Waals surface area contributed by atoms with Crippen LogP contribution in [0.5, 0.6) is 0 Å². The number of furan rings is 1. The Bertz CT molecular complexity index is 2890. The number of imidazole rings is 1. The second kappa shape index (κ2) is 17.1. The Balaban J connectivity index is 0.000000214. The van der Waals surface area contributed by atoms with Crippen molar-refractivity contribution >= 4 is 50.8 Å². The normalized spacial score (nSPS) is 13.8. The van der Waals surface area contributed by atoms with Crippen LogP contribution in [0.15, 0.2) is 102 Å². The van der Waals surface area contributed by atoms with E-state index < -0.39 is 31.9 Å². The third-order valence-electron chi connectivity index (χ3n) is 10.1. The van der Waals surface area contributed by atoms with Crippen molar-refractivity contribution in [2.24, 2.45) is 5.41 Å². The van der Waals surface area contributed by atoms with Crippen molar-refractivity contribution in [3.63, 3.8) is 0 Å². The van der Waals surface area contributed by atoms with E-state index in [0.717, 1.165) is 48.9 Å². The molecular weight excluding hydrogens is 949 g/mol. The Morgan fingerprint density at radius 1 is 0.862 bits per heavy atom. The number of fused-ring (bicyclic) bond motifs is 4. The number of rotatable bonds is 7. The largest absolute Gasteiger partial charge is 0 e. The van der Waals surface area contributed by atoms with Crippen molar-refractivity contribution in [1.29, 1.82) is 0 Å². The number of benzene rings is 4. The maximum absolute atomic E-state index is 8.80. The minimum atomic E-state index is -2.36. The fourth-order valence-electron chi connectivity index (χ4n) is 7.36. The van der Waals surface area contributed by atoms with Crippen molar-refractivity contribution in [2.75, 3.05) is 0 Å². The third-order valence-corrected chi connectivity index (χ3v) is 14.3. The van der Waals surface area contributed by atoms with Gasteiger partial charge < -0.3 is 8.98 Å². The average molecular weight is 1010 g/mol. The molecule has 4 heterocycles. The number of nitrogens with zero attached hydrogens (tertiary/aromatic N) is 4. The van der Waals surface area contributed by atoms with Crippen LogP contribution < -0.4 is 4.40 Å². The van der Waals surface area contributed by atoms with Crippen LogP contribution in [0.25, 0.3) is 61.4 Å². The van der Waals surface area contributed by atoms with Gasteiger partial charge in [0.05, 0.1) is 22.4 Å². The maximum atomic E-state index is 8.80. The molecule has 0 saturated heterocycles. The van der Waals surface area contributed by atoms with Crippen LogP contribution in [0.3, 0.4) is 0 Å². The van der Waals surface area contributed by atoms with Crippen LogP contribution in [0.1, 0.15) is 95.1 Å². The fourth-order valence-corrected chi connectivity index (χ4v) is 10.3.